The van der Waals surface area contributed by atoms with Gasteiger partial charge in [-0.25, -0.2) is 9.97 Å². The number of amides is 1. The van der Waals surface area contributed by atoms with E-state index in [4.69, 9.17) is 10.7 Å². The zero-order valence-corrected chi connectivity index (χ0v) is 19.3. The molecule has 1 saturated carbocycles. The molecule has 34 heavy (non-hydrogen) atoms. The molecule has 1 amide bonds. The number of nitrogens with zero attached hydrogens (tertiary/aromatic N) is 4. The van der Waals surface area contributed by atoms with Crippen LogP contribution in [0, 0.1) is 5.92 Å². The molecule has 0 bridgehead atoms. The fourth-order valence-corrected chi connectivity index (χ4v) is 4.21. The number of rotatable bonds is 5. The van der Waals surface area contributed by atoms with Crippen molar-refractivity contribution in [3.05, 3.63) is 36.0 Å². The predicted molar refractivity (Wildman–Crippen MR) is 124 cm³/mol. The summed E-state index contributed by atoms with van der Waals surface area (Å²) in [7, 11) is 0. The molecule has 4 rings (SSSR count). The number of carbonyl (C=O) groups is 1. The zero-order valence-electron chi connectivity index (χ0n) is 19.3. The fourth-order valence-electron chi connectivity index (χ4n) is 4.21. The molecule has 1 fully saturated rings. The Bertz CT molecular complexity index is 1170. The Kier molecular flexibility index (Phi) is 6.13. The van der Waals surface area contributed by atoms with Gasteiger partial charge < -0.3 is 16.4 Å². The number of nitrogens with one attached hydrogen (secondary N) is 2. The maximum absolute atomic E-state index is 12.9. The third-order valence-corrected chi connectivity index (χ3v) is 5.85. The molecule has 2 heterocycles. The first-order valence-electron chi connectivity index (χ1n) is 11.2. The largest absolute Gasteiger partial charge is 0.416 e. The van der Waals surface area contributed by atoms with E-state index >= 15 is 0 Å². The minimum absolute atomic E-state index is 0.00469. The van der Waals surface area contributed by atoms with Crippen molar-refractivity contribution in [3.63, 3.8) is 0 Å². The van der Waals surface area contributed by atoms with Crippen molar-refractivity contribution in [3.8, 4) is 0 Å². The van der Waals surface area contributed by atoms with Crippen LogP contribution in [-0.4, -0.2) is 31.0 Å². The summed E-state index contributed by atoms with van der Waals surface area (Å²) in [5.41, 5.74) is 6.16. The molecule has 8 nitrogen and oxygen atoms in total. The van der Waals surface area contributed by atoms with Gasteiger partial charge in [0.2, 0.25) is 17.8 Å². The van der Waals surface area contributed by atoms with Gasteiger partial charge in [-0.05, 0) is 70.7 Å². The molecule has 0 aliphatic heterocycles. The van der Waals surface area contributed by atoms with Gasteiger partial charge in [-0.15, -0.1) is 0 Å². The highest BCUT2D eigenvalue weighted by Gasteiger charge is 2.31. The molecule has 0 atom stereocenters. The predicted octanol–water partition coefficient (Wildman–Crippen LogP) is 5.02. The minimum Gasteiger partial charge on any atom is -0.369 e. The Morgan fingerprint density at radius 1 is 1.06 bits per heavy atom. The number of benzene rings is 1. The van der Waals surface area contributed by atoms with E-state index in [2.05, 4.69) is 20.6 Å². The van der Waals surface area contributed by atoms with Crippen molar-refractivity contribution < 1.29 is 18.0 Å². The Hall–Kier alpha value is -3.37. The van der Waals surface area contributed by atoms with Gasteiger partial charge in [0.1, 0.15) is 5.52 Å². The second kappa shape index (κ2) is 8.77. The molecule has 1 aromatic carbocycles. The molecule has 3 aromatic rings. The van der Waals surface area contributed by atoms with E-state index in [9.17, 15) is 18.0 Å². The number of anilines is 3. The molecule has 11 heteroatoms. The number of carbonyl (C=O) groups excluding carboxylic acids is 1. The summed E-state index contributed by atoms with van der Waals surface area (Å²) in [6.45, 7) is 6.00. The highest BCUT2D eigenvalue weighted by Crippen LogP contribution is 2.37. The maximum Gasteiger partial charge on any atom is 0.416 e. The average Bonchev–Trinajstić information content (AvgIpc) is 3.09. The van der Waals surface area contributed by atoms with E-state index < -0.39 is 11.7 Å². The van der Waals surface area contributed by atoms with Crippen molar-refractivity contribution >= 4 is 34.7 Å². The summed E-state index contributed by atoms with van der Waals surface area (Å²) in [5.74, 6) is 0.452. The molecular weight excluding hydrogens is 447 g/mol. The molecule has 0 unspecified atom stereocenters. The number of hydrogen-bond donors (Lipinski definition) is 3. The molecule has 2 aromatic heterocycles. The molecular formula is C23H28F3N7O. The van der Waals surface area contributed by atoms with Crippen molar-refractivity contribution in [2.24, 2.45) is 11.7 Å². The standard InChI is InChI=1S/C23H28F3N7O/c1-22(2,3)32-20-28-12-17-19(31-20)33(16-10-4-13(5-11-16)18(27)34)21(30-17)29-15-8-6-14(7-9-15)23(24,25)26/h6-9,12-13,16H,4-5,10-11H2,1-3H3,(H2,27,34)(H,29,30)(H,28,31,32). The molecule has 4 N–H and O–H groups in total. The van der Waals surface area contributed by atoms with Crippen LogP contribution in [-0.2, 0) is 11.0 Å². The van der Waals surface area contributed by atoms with Gasteiger partial charge in [-0.3, -0.25) is 9.36 Å². The van der Waals surface area contributed by atoms with E-state index in [0.717, 1.165) is 12.1 Å². The van der Waals surface area contributed by atoms with E-state index in [1.165, 1.54) is 12.1 Å². The van der Waals surface area contributed by atoms with Crippen LogP contribution in [0.3, 0.4) is 0 Å². The van der Waals surface area contributed by atoms with Gasteiger partial charge >= 0.3 is 6.18 Å². The van der Waals surface area contributed by atoms with Crippen LogP contribution in [0.4, 0.5) is 30.8 Å². The Balaban J connectivity index is 1.71. The second-order valence-corrected chi connectivity index (χ2v) is 9.69. The number of nitrogens with two attached hydrogens (primary N) is 1. The van der Waals surface area contributed by atoms with Gasteiger partial charge in [0.25, 0.3) is 0 Å². The van der Waals surface area contributed by atoms with Crippen molar-refractivity contribution in [2.45, 2.75) is 64.2 Å². The van der Waals surface area contributed by atoms with Gasteiger partial charge in [-0.1, -0.05) is 0 Å². The van der Waals surface area contributed by atoms with Crippen LogP contribution in [0.2, 0.25) is 0 Å². The quantitative estimate of drug-likeness (QED) is 0.478. The number of aromatic nitrogens is 4. The van der Waals surface area contributed by atoms with E-state index in [-0.39, 0.29) is 23.4 Å². The number of halogens is 3. The van der Waals surface area contributed by atoms with Crippen LogP contribution >= 0.6 is 0 Å². The van der Waals surface area contributed by atoms with E-state index in [0.29, 0.717) is 54.4 Å². The van der Waals surface area contributed by atoms with Crippen LogP contribution in [0.15, 0.2) is 30.5 Å². The van der Waals surface area contributed by atoms with Crippen LogP contribution in [0.25, 0.3) is 11.2 Å². The first-order valence-corrected chi connectivity index (χ1v) is 11.2. The minimum atomic E-state index is -4.41. The average molecular weight is 476 g/mol. The summed E-state index contributed by atoms with van der Waals surface area (Å²) < 4.78 is 40.8. The first kappa shape index (κ1) is 23.8. The van der Waals surface area contributed by atoms with E-state index in [1.54, 1.807) is 6.20 Å². The number of fused-ring (bicyclic) bond motifs is 1. The SMILES string of the molecule is CC(C)(C)Nc1ncc2nc(Nc3ccc(C(F)(F)F)cc3)n(C3CCC(C(N)=O)CC3)c2n1. The molecule has 0 radical (unpaired) electrons. The Morgan fingerprint density at radius 2 is 1.71 bits per heavy atom. The number of imidazole rings is 1. The van der Waals surface area contributed by atoms with Crippen LogP contribution < -0.4 is 16.4 Å². The highest BCUT2D eigenvalue weighted by molar-refractivity contribution is 5.78. The lowest BCUT2D eigenvalue weighted by Gasteiger charge is -2.29. The zero-order chi connectivity index (χ0) is 24.7. The molecule has 1 aliphatic rings. The Labute approximate surface area is 195 Å². The fraction of sp³-hybridized carbons (Fsp3) is 0.478. The van der Waals surface area contributed by atoms with Crippen LogP contribution in [0.1, 0.15) is 58.1 Å². The van der Waals surface area contributed by atoms with Crippen LogP contribution in [0.5, 0.6) is 0 Å². The molecule has 1 aliphatic carbocycles. The lowest BCUT2D eigenvalue weighted by atomic mass is 9.85. The summed E-state index contributed by atoms with van der Waals surface area (Å²) in [4.78, 5) is 25.3. The molecule has 182 valence electrons. The summed E-state index contributed by atoms with van der Waals surface area (Å²) >= 11 is 0. The Morgan fingerprint density at radius 3 is 2.26 bits per heavy atom. The normalized spacial score (nSPS) is 19.2. The molecule has 0 spiro atoms. The van der Waals surface area contributed by atoms with Crippen molar-refractivity contribution in [1.29, 1.82) is 0 Å². The third kappa shape index (κ3) is 5.23. The van der Waals surface area contributed by atoms with Gasteiger partial charge in [0.15, 0.2) is 5.65 Å². The van der Waals surface area contributed by atoms with E-state index in [1.807, 2.05) is 25.3 Å². The number of primary amides is 1. The highest BCUT2D eigenvalue weighted by atomic mass is 19.4. The first-order chi connectivity index (χ1) is 15.9. The van der Waals surface area contributed by atoms with Crippen molar-refractivity contribution in [2.75, 3.05) is 10.6 Å². The third-order valence-electron chi connectivity index (χ3n) is 5.85. The number of alkyl halides is 3. The monoisotopic (exact) mass is 475 g/mol. The second-order valence-electron chi connectivity index (χ2n) is 9.69. The summed E-state index contributed by atoms with van der Waals surface area (Å²) in [5, 5.41) is 6.40. The maximum atomic E-state index is 12.9. The van der Waals surface area contributed by atoms with Gasteiger partial charge in [0.05, 0.1) is 11.8 Å². The number of hydrogen-bond acceptors (Lipinski definition) is 6. The summed E-state index contributed by atoms with van der Waals surface area (Å²) in [6.07, 6.45) is -0.0780. The van der Waals surface area contributed by atoms with Crippen molar-refractivity contribution in [1.82, 2.24) is 19.5 Å². The topological polar surface area (TPSA) is 111 Å². The molecule has 0 saturated heterocycles. The lowest BCUT2D eigenvalue weighted by molar-refractivity contribution is -0.137. The van der Waals surface area contributed by atoms with Gasteiger partial charge in [-0.2, -0.15) is 18.2 Å². The van der Waals surface area contributed by atoms with Gasteiger partial charge in [0, 0.05) is 23.2 Å². The lowest BCUT2D eigenvalue weighted by Crippen LogP contribution is -2.29. The summed E-state index contributed by atoms with van der Waals surface area (Å²) in [6, 6.07) is 4.79. The smallest absolute Gasteiger partial charge is 0.369 e.